The molecule has 0 aromatic rings. The van der Waals surface area contributed by atoms with E-state index in [0.717, 1.165) is 19.3 Å². The molecule has 0 unspecified atom stereocenters. The first-order valence-electron chi connectivity index (χ1n) is 6.14. The average molecular weight is 243 g/mol. The SMILES string of the molecule is C[C@@H](O)CNC(=O)CC1(C(=O)O)CCCCC1. The summed E-state index contributed by atoms with van der Waals surface area (Å²) in [5.41, 5.74) is -0.888. The van der Waals surface area contributed by atoms with Crippen LogP contribution in [-0.4, -0.2) is 34.7 Å². The summed E-state index contributed by atoms with van der Waals surface area (Å²) in [5, 5.41) is 20.9. The van der Waals surface area contributed by atoms with Crippen LogP contribution in [-0.2, 0) is 9.59 Å². The molecule has 0 aromatic carbocycles. The lowest BCUT2D eigenvalue weighted by Gasteiger charge is -2.32. The van der Waals surface area contributed by atoms with Gasteiger partial charge < -0.3 is 15.5 Å². The van der Waals surface area contributed by atoms with E-state index in [1.54, 1.807) is 6.92 Å². The highest BCUT2D eigenvalue weighted by Gasteiger charge is 2.41. The molecule has 17 heavy (non-hydrogen) atoms. The molecule has 98 valence electrons. The largest absolute Gasteiger partial charge is 0.481 e. The van der Waals surface area contributed by atoms with Gasteiger partial charge in [0.15, 0.2) is 0 Å². The van der Waals surface area contributed by atoms with Crippen molar-refractivity contribution in [2.24, 2.45) is 5.41 Å². The number of nitrogens with one attached hydrogen (secondary N) is 1. The van der Waals surface area contributed by atoms with Crippen LogP contribution >= 0.6 is 0 Å². The van der Waals surface area contributed by atoms with E-state index >= 15 is 0 Å². The van der Waals surface area contributed by atoms with E-state index in [1.165, 1.54) is 0 Å². The number of carboxylic acids is 1. The lowest BCUT2D eigenvalue weighted by Crippen LogP contribution is -2.40. The van der Waals surface area contributed by atoms with Gasteiger partial charge in [0.25, 0.3) is 0 Å². The third-order valence-corrected chi connectivity index (χ3v) is 3.36. The van der Waals surface area contributed by atoms with Crippen molar-refractivity contribution in [3.8, 4) is 0 Å². The fourth-order valence-electron chi connectivity index (χ4n) is 2.33. The van der Waals surface area contributed by atoms with Gasteiger partial charge in [0, 0.05) is 13.0 Å². The Labute approximate surface area is 101 Å². The molecule has 1 amide bonds. The summed E-state index contributed by atoms with van der Waals surface area (Å²) in [7, 11) is 0. The van der Waals surface area contributed by atoms with Crippen LogP contribution in [0.4, 0.5) is 0 Å². The Morgan fingerprint density at radius 3 is 2.35 bits per heavy atom. The van der Waals surface area contributed by atoms with Crippen LogP contribution in [0.15, 0.2) is 0 Å². The second-order valence-electron chi connectivity index (χ2n) is 4.98. The van der Waals surface area contributed by atoms with Gasteiger partial charge in [0.2, 0.25) is 5.91 Å². The second kappa shape index (κ2) is 6.00. The Morgan fingerprint density at radius 2 is 1.88 bits per heavy atom. The second-order valence-corrected chi connectivity index (χ2v) is 4.98. The van der Waals surface area contributed by atoms with Crippen LogP contribution in [0, 0.1) is 5.41 Å². The van der Waals surface area contributed by atoms with Gasteiger partial charge in [0.1, 0.15) is 0 Å². The number of carboxylic acid groups (broad SMARTS) is 1. The molecule has 5 heteroatoms. The molecule has 1 saturated carbocycles. The molecule has 0 spiro atoms. The summed E-state index contributed by atoms with van der Waals surface area (Å²) in [6, 6.07) is 0. The maximum Gasteiger partial charge on any atom is 0.310 e. The zero-order valence-corrected chi connectivity index (χ0v) is 10.2. The summed E-state index contributed by atoms with van der Waals surface area (Å²) in [6.45, 7) is 1.75. The Morgan fingerprint density at radius 1 is 1.29 bits per heavy atom. The molecule has 1 atom stereocenters. The van der Waals surface area contributed by atoms with Crippen LogP contribution in [0.5, 0.6) is 0 Å². The number of carbonyl (C=O) groups excluding carboxylic acids is 1. The molecule has 1 rings (SSSR count). The number of amides is 1. The molecule has 0 aliphatic heterocycles. The van der Waals surface area contributed by atoms with Gasteiger partial charge in [-0.25, -0.2) is 0 Å². The molecule has 3 N–H and O–H groups in total. The standard InChI is InChI=1S/C12H21NO4/c1-9(14)8-13-10(15)7-12(11(16)17)5-3-2-4-6-12/h9,14H,2-8H2,1H3,(H,13,15)(H,16,17)/t9-/m1/s1. The highest BCUT2D eigenvalue weighted by molar-refractivity contribution is 5.85. The van der Waals surface area contributed by atoms with Crippen LogP contribution in [0.25, 0.3) is 0 Å². The van der Waals surface area contributed by atoms with Crippen LogP contribution in [0.1, 0.15) is 45.4 Å². The summed E-state index contributed by atoms with van der Waals surface area (Å²) in [6.07, 6.45) is 3.35. The van der Waals surface area contributed by atoms with Crippen LogP contribution in [0.2, 0.25) is 0 Å². The van der Waals surface area contributed by atoms with Gasteiger partial charge >= 0.3 is 5.97 Å². The monoisotopic (exact) mass is 243 g/mol. The molecular formula is C12H21NO4. The Balaban J connectivity index is 2.54. The van der Waals surface area contributed by atoms with Crippen molar-refractivity contribution < 1.29 is 19.8 Å². The summed E-state index contributed by atoms with van der Waals surface area (Å²) >= 11 is 0. The number of hydrogen-bond donors (Lipinski definition) is 3. The van der Waals surface area contributed by atoms with E-state index in [0.29, 0.717) is 12.8 Å². The Kier molecular flexibility index (Phi) is 4.93. The van der Waals surface area contributed by atoms with Crippen molar-refractivity contribution in [2.45, 2.75) is 51.6 Å². The molecule has 0 saturated heterocycles. The highest BCUT2D eigenvalue weighted by Crippen LogP contribution is 2.39. The predicted octanol–water partition coefficient (Wildman–Crippen LogP) is 0.909. The molecule has 5 nitrogen and oxygen atoms in total. The first-order chi connectivity index (χ1) is 7.96. The molecule has 0 bridgehead atoms. The van der Waals surface area contributed by atoms with E-state index in [4.69, 9.17) is 5.11 Å². The van der Waals surface area contributed by atoms with Gasteiger partial charge in [-0.2, -0.15) is 0 Å². The molecular weight excluding hydrogens is 222 g/mol. The molecule has 1 aliphatic rings. The third-order valence-electron chi connectivity index (χ3n) is 3.36. The number of aliphatic hydroxyl groups excluding tert-OH is 1. The van der Waals surface area contributed by atoms with E-state index < -0.39 is 17.5 Å². The van der Waals surface area contributed by atoms with E-state index in [1.807, 2.05) is 0 Å². The molecule has 0 radical (unpaired) electrons. The van der Waals surface area contributed by atoms with E-state index in [-0.39, 0.29) is 18.9 Å². The van der Waals surface area contributed by atoms with Gasteiger partial charge in [-0.05, 0) is 19.8 Å². The lowest BCUT2D eigenvalue weighted by molar-refractivity contribution is -0.154. The van der Waals surface area contributed by atoms with Gasteiger partial charge in [-0.15, -0.1) is 0 Å². The predicted molar refractivity (Wildman–Crippen MR) is 62.5 cm³/mol. The van der Waals surface area contributed by atoms with Gasteiger partial charge in [-0.3, -0.25) is 9.59 Å². The van der Waals surface area contributed by atoms with Crippen molar-refractivity contribution in [2.75, 3.05) is 6.54 Å². The van der Waals surface area contributed by atoms with Crippen LogP contribution in [0.3, 0.4) is 0 Å². The number of rotatable bonds is 5. The highest BCUT2D eigenvalue weighted by atomic mass is 16.4. The Bertz CT molecular complexity index is 282. The molecule has 0 aromatic heterocycles. The minimum atomic E-state index is -0.888. The maximum atomic E-state index is 11.6. The normalized spacial score (nSPS) is 20.6. The van der Waals surface area contributed by atoms with Crippen molar-refractivity contribution in [1.29, 1.82) is 0 Å². The number of carbonyl (C=O) groups is 2. The topological polar surface area (TPSA) is 86.6 Å². The van der Waals surface area contributed by atoms with Gasteiger partial charge in [-0.1, -0.05) is 19.3 Å². The van der Waals surface area contributed by atoms with Crippen molar-refractivity contribution in [3.05, 3.63) is 0 Å². The van der Waals surface area contributed by atoms with Gasteiger partial charge in [0.05, 0.1) is 11.5 Å². The summed E-state index contributed by atoms with van der Waals surface area (Å²) in [4.78, 5) is 23.0. The number of hydrogen-bond acceptors (Lipinski definition) is 3. The molecule has 1 fully saturated rings. The number of aliphatic carboxylic acids is 1. The third kappa shape index (κ3) is 4.00. The molecule has 1 aliphatic carbocycles. The summed E-state index contributed by atoms with van der Waals surface area (Å²) in [5.74, 6) is -1.15. The zero-order valence-electron chi connectivity index (χ0n) is 10.2. The molecule has 0 heterocycles. The Hall–Kier alpha value is -1.10. The zero-order chi connectivity index (χ0) is 12.9. The number of aliphatic hydroxyl groups is 1. The van der Waals surface area contributed by atoms with Crippen molar-refractivity contribution in [1.82, 2.24) is 5.32 Å². The van der Waals surface area contributed by atoms with E-state index in [2.05, 4.69) is 5.32 Å². The fourth-order valence-corrected chi connectivity index (χ4v) is 2.33. The maximum absolute atomic E-state index is 11.6. The first kappa shape index (κ1) is 14.0. The minimum Gasteiger partial charge on any atom is -0.481 e. The first-order valence-corrected chi connectivity index (χ1v) is 6.14. The lowest BCUT2D eigenvalue weighted by atomic mass is 9.71. The smallest absolute Gasteiger partial charge is 0.310 e. The summed E-state index contributed by atoms with van der Waals surface area (Å²) < 4.78 is 0. The van der Waals surface area contributed by atoms with Crippen molar-refractivity contribution in [3.63, 3.8) is 0 Å². The van der Waals surface area contributed by atoms with E-state index in [9.17, 15) is 14.7 Å². The quantitative estimate of drug-likeness (QED) is 0.670. The van der Waals surface area contributed by atoms with Crippen LogP contribution < -0.4 is 5.32 Å². The average Bonchev–Trinajstić information content (AvgIpc) is 2.27. The fraction of sp³-hybridized carbons (Fsp3) is 0.833. The minimum absolute atomic E-state index is 0.0229. The van der Waals surface area contributed by atoms with Crippen molar-refractivity contribution >= 4 is 11.9 Å².